The SMILES string of the molecule is CNC(=O)c1ccc(NC2N=C3C(c4ccc(OCc5ccc(Cl)nc5)cc4)=CC=CN3N2)cc1. The molecule has 2 aliphatic rings. The van der Waals surface area contributed by atoms with Crippen molar-refractivity contribution in [2.75, 3.05) is 12.4 Å². The molecule has 1 amide bonds. The summed E-state index contributed by atoms with van der Waals surface area (Å²) in [7, 11) is 1.61. The van der Waals surface area contributed by atoms with E-state index in [0.717, 1.165) is 34.0 Å². The van der Waals surface area contributed by atoms with E-state index in [1.54, 1.807) is 31.4 Å². The Morgan fingerprint density at radius 2 is 1.91 bits per heavy atom. The van der Waals surface area contributed by atoms with Crippen LogP contribution in [0.1, 0.15) is 21.5 Å². The fourth-order valence-electron chi connectivity index (χ4n) is 3.72. The summed E-state index contributed by atoms with van der Waals surface area (Å²) in [5.74, 6) is 1.46. The molecule has 8 nitrogen and oxygen atoms in total. The zero-order chi connectivity index (χ0) is 24.2. The number of pyridine rings is 1. The van der Waals surface area contributed by atoms with E-state index in [2.05, 4.69) is 21.0 Å². The number of ether oxygens (including phenoxy) is 1. The van der Waals surface area contributed by atoms with Crippen LogP contribution in [0.15, 0.2) is 90.2 Å². The molecule has 0 saturated carbocycles. The van der Waals surface area contributed by atoms with Gasteiger partial charge in [-0.15, -0.1) is 0 Å². The fraction of sp³-hybridized carbons (Fsp3) is 0.115. The molecule has 3 heterocycles. The molecule has 9 heteroatoms. The third-order valence-corrected chi connectivity index (χ3v) is 5.74. The van der Waals surface area contributed by atoms with Crippen LogP contribution in [0, 0.1) is 0 Å². The van der Waals surface area contributed by atoms with Crippen molar-refractivity contribution in [2.24, 2.45) is 4.99 Å². The van der Waals surface area contributed by atoms with Gasteiger partial charge in [-0.2, -0.15) is 5.43 Å². The van der Waals surface area contributed by atoms with Crippen molar-refractivity contribution in [1.82, 2.24) is 20.7 Å². The Bertz CT molecular complexity index is 1300. The molecule has 0 fully saturated rings. The normalized spacial score (nSPS) is 16.3. The zero-order valence-electron chi connectivity index (χ0n) is 18.9. The number of nitrogens with one attached hydrogen (secondary N) is 3. The van der Waals surface area contributed by atoms with Crippen molar-refractivity contribution in [3.63, 3.8) is 0 Å². The van der Waals surface area contributed by atoms with Gasteiger partial charge in [-0.05, 0) is 60.2 Å². The molecule has 0 saturated heterocycles. The summed E-state index contributed by atoms with van der Waals surface area (Å²) in [4.78, 5) is 20.6. The highest BCUT2D eigenvalue weighted by molar-refractivity contribution is 6.29. The number of carbonyl (C=O) groups is 1. The molecule has 0 bridgehead atoms. The van der Waals surface area contributed by atoms with E-state index in [-0.39, 0.29) is 12.2 Å². The van der Waals surface area contributed by atoms with Crippen LogP contribution in [-0.4, -0.2) is 35.1 Å². The van der Waals surface area contributed by atoms with Crippen molar-refractivity contribution in [3.8, 4) is 5.75 Å². The van der Waals surface area contributed by atoms with E-state index in [1.165, 1.54) is 0 Å². The Morgan fingerprint density at radius 1 is 1.11 bits per heavy atom. The molecule has 3 aromatic rings. The quantitative estimate of drug-likeness (QED) is 0.434. The number of hydrazine groups is 1. The van der Waals surface area contributed by atoms with Gasteiger partial charge in [-0.25, -0.2) is 9.98 Å². The van der Waals surface area contributed by atoms with Crippen molar-refractivity contribution in [3.05, 3.63) is 107 Å². The van der Waals surface area contributed by atoms with Crippen molar-refractivity contribution in [2.45, 2.75) is 12.9 Å². The summed E-state index contributed by atoms with van der Waals surface area (Å²) >= 11 is 5.83. The molecular weight excluding hydrogens is 464 g/mol. The molecule has 0 aliphatic carbocycles. The maximum Gasteiger partial charge on any atom is 0.251 e. The summed E-state index contributed by atoms with van der Waals surface area (Å²) < 4.78 is 5.87. The molecule has 1 unspecified atom stereocenters. The average molecular weight is 487 g/mol. The second kappa shape index (κ2) is 10.0. The summed E-state index contributed by atoms with van der Waals surface area (Å²) in [6.45, 7) is 0.413. The third-order valence-electron chi connectivity index (χ3n) is 5.52. The van der Waals surface area contributed by atoms with Gasteiger partial charge < -0.3 is 15.4 Å². The number of rotatable bonds is 7. The Labute approximate surface area is 208 Å². The first-order valence-corrected chi connectivity index (χ1v) is 11.4. The van der Waals surface area contributed by atoms with Crippen LogP contribution in [0.3, 0.4) is 0 Å². The van der Waals surface area contributed by atoms with Gasteiger partial charge in [0.05, 0.1) is 0 Å². The predicted molar refractivity (Wildman–Crippen MR) is 137 cm³/mol. The summed E-state index contributed by atoms with van der Waals surface area (Å²) in [5, 5.41) is 8.30. The van der Waals surface area contributed by atoms with Gasteiger partial charge >= 0.3 is 0 Å². The smallest absolute Gasteiger partial charge is 0.251 e. The molecule has 3 N–H and O–H groups in total. The maximum atomic E-state index is 11.7. The summed E-state index contributed by atoms with van der Waals surface area (Å²) in [5.41, 5.74) is 7.74. The van der Waals surface area contributed by atoms with Crippen molar-refractivity contribution in [1.29, 1.82) is 0 Å². The number of allylic oxidation sites excluding steroid dienone is 2. The Hall–Kier alpha value is -4.14. The van der Waals surface area contributed by atoms with Gasteiger partial charge in [0, 0.05) is 41.8 Å². The lowest BCUT2D eigenvalue weighted by molar-refractivity contribution is 0.0963. The number of amides is 1. The van der Waals surface area contributed by atoms with Gasteiger partial charge in [0.2, 0.25) is 0 Å². The summed E-state index contributed by atoms with van der Waals surface area (Å²) in [6.07, 6.45) is 7.29. The van der Waals surface area contributed by atoms with Crippen LogP contribution in [0.5, 0.6) is 5.75 Å². The number of aromatic nitrogens is 1. The number of carbonyl (C=O) groups excluding carboxylic acids is 1. The van der Waals surface area contributed by atoms with Gasteiger partial charge in [-0.3, -0.25) is 9.80 Å². The van der Waals surface area contributed by atoms with Crippen molar-refractivity contribution >= 4 is 34.6 Å². The van der Waals surface area contributed by atoms with E-state index in [4.69, 9.17) is 21.3 Å². The number of aliphatic imine (C=N–C) groups is 1. The molecular formula is C26H23ClN6O2. The first-order valence-electron chi connectivity index (χ1n) is 11.0. The first-order chi connectivity index (χ1) is 17.1. The minimum atomic E-state index is -0.349. The van der Waals surface area contributed by atoms with Gasteiger partial charge in [-0.1, -0.05) is 29.8 Å². The maximum absolute atomic E-state index is 11.7. The van der Waals surface area contributed by atoms with E-state index in [1.807, 2.05) is 65.8 Å². The highest BCUT2D eigenvalue weighted by Gasteiger charge is 2.27. The minimum absolute atomic E-state index is 0.119. The topological polar surface area (TPSA) is 90.9 Å². The lowest BCUT2D eigenvalue weighted by Gasteiger charge is -2.22. The second-order valence-corrected chi connectivity index (χ2v) is 8.27. The molecule has 0 spiro atoms. The average Bonchev–Trinajstić information content (AvgIpc) is 3.31. The number of amidine groups is 1. The van der Waals surface area contributed by atoms with E-state index in [0.29, 0.717) is 17.3 Å². The number of halogens is 1. The van der Waals surface area contributed by atoms with Crippen LogP contribution in [0.2, 0.25) is 5.15 Å². The molecule has 5 rings (SSSR count). The monoisotopic (exact) mass is 486 g/mol. The molecule has 2 aromatic carbocycles. The van der Waals surface area contributed by atoms with E-state index >= 15 is 0 Å². The Balaban J connectivity index is 1.25. The number of anilines is 1. The zero-order valence-corrected chi connectivity index (χ0v) is 19.7. The number of nitrogens with zero attached hydrogens (tertiary/aromatic N) is 3. The molecule has 2 aliphatic heterocycles. The van der Waals surface area contributed by atoms with Gasteiger partial charge in [0.1, 0.15) is 17.5 Å². The Kier molecular flexibility index (Phi) is 6.47. The predicted octanol–water partition coefficient (Wildman–Crippen LogP) is 4.20. The van der Waals surface area contributed by atoms with Crippen LogP contribution < -0.4 is 20.8 Å². The van der Waals surface area contributed by atoms with Crippen LogP contribution in [-0.2, 0) is 6.61 Å². The lowest BCUT2D eigenvalue weighted by Crippen LogP contribution is -2.40. The number of hydrogen-bond donors (Lipinski definition) is 3. The minimum Gasteiger partial charge on any atom is -0.489 e. The molecule has 1 atom stereocenters. The highest BCUT2D eigenvalue weighted by atomic mass is 35.5. The number of fused-ring (bicyclic) bond motifs is 1. The molecule has 1 aromatic heterocycles. The van der Waals surface area contributed by atoms with E-state index < -0.39 is 0 Å². The highest BCUT2D eigenvalue weighted by Crippen LogP contribution is 2.27. The van der Waals surface area contributed by atoms with Crippen LogP contribution >= 0.6 is 11.6 Å². The second-order valence-electron chi connectivity index (χ2n) is 7.88. The van der Waals surface area contributed by atoms with Crippen molar-refractivity contribution < 1.29 is 9.53 Å². The summed E-state index contributed by atoms with van der Waals surface area (Å²) in [6, 6.07) is 18.8. The molecule has 0 radical (unpaired) electrons. The Morgan fingerprint density at radius 3 is 2.63 bits per heavy atom. The van der Waals surface area contributed by atoms with Crippen LogP contribution in [0.4, 0.5) is 5.69 Å². The molecule has 35 heavy (non-hydrogen) atoms. The third kappa shape index (κ3) is 5.18. The van der Waals surface area contributed by atoms with E-state index in [9.17, 15) is 4.79 Å². The number of benzene rings is 2. The first kappa shape index (κ1) is 22.6. The largest absolute Gasteiger partial charge is 0.489 e. The van der Waals surface area contributed by atoms with Crippen LogP contribution in [0.25, 0.3) is 5.57 Å². The van der Waals surface area contributed by atoms with Gasteiger partial charge in [0.15, 0.2) is 12.1 Å². The number of hydrogen-bond acceptors (Lipinski definition) is 7. The fourth-order valence-corrected chi connectivity index (χ4v) is 3.83. The van der Waals surface area contributed by atoms with Gasteiger partial charge in [0.25, 0.3) is 5.91 Å². The lowest BCUT2D eigenvalue weighted by atomic mass is 10.0. The standard InChI is InChI=1S/C26H23ClN6O2/c1-28-25(34)19-5-9-20(10-6-19)30-26-31-24-22(3-2-14-33(24)32-26)18-7-11-21(12-8-18)35-16-17-4-13-23(27)29-15-17/h2-15,26,30,32H,16H2,1H3,(H,28,34). The molecule has 176 valence electrons.